The molecule has 1 aromatic heterocycles. The quantitative estimate of drug-likeness (QED) is 0.798. The SMILES string of the molecule is OCC1Cn2nnnc2C(c2ccccc2)O1. The van der Waals surface area contributed by atoms with Crippen LogP contribution in [0, 0.1) is 0 Å². The molecule has 0 spiro atoms. The van der Waals surface area contributed by atoms with Crippen molar-refractivity contribution in [1.29, 1.82) is 0 Å². The van der Waals surface area contributed by atoms with Gasteiger partial charge in [-0.25, -0.2) is 4.68 Å². The number of fused-ring (bicyclic) bond motifs is 1. The number of hydrogen-bond acceptors (Lipinski definition) is 5. The molecule has 1 aliphatic rings. The van der Waals surface area contributed by atoms with E-state index in [4.69, 9.17) is 4.74 Å². The second-order valence-corrected chi connectivity index (χ2v) is 3.95. The number of ether oxygens (including phenoxy) is 1. The van der Waals surface area contributed by atoms with Gasteiger partial charge in [-0.1, -0.05) is 30.3 Å². The summed E-state index contributed by atoms with van der Waals surface area (Å²) in [6.45, 7) is 0.449. The second-order valence-electron chi connectivity index (χ2n) is 3.95. The molecule has 0 saturated carbocycles. The highest BCUT2D eigenvalue weighted by atomic mass is 16.5. The average Bonchev–Trinajstić information content (AvgIpc) is 2.86. The minimum Gasteiger partial charge on any atom is -0.394 e. The topological polar surface area (TPSA) is 73.1 Å². The molecule has 1 N–H and O–H groups in total. The standard InChI is InChI=1S/C11H12N4O2/c16-7-9-6-15-11(12-13-14-15)10(17-9)8-4-2-1-3-5-8/h1-5,9-10,16H,6-7H2. The maximum atomic E-state index is 9.21. The van der Waals surface area contributed by atoms with Gasteiger partial charge in [0.15, 0.2) is 5.82 Å². The van der Waals surface area contributed by atoms with Crippen molar-refractivity contribution in [3.63, 3.8) is 0 Å². The maximum absolute atomic E-state index is 9.21. The Morgan fingerprint density at radius 1 is 1.35 bits per heavy atom. The molecule has 0 radical (unpaired) electrons. The van der Waals surface area contributed by atoms with Crippen LogP contribution in [0.2, 0.25) is 0 Å². The molecule has 2 atom stereocenters. The van der Waals surface area contributed by atoms with Crippen LogP contribution < -0.4 is 0 Å². The lowest BCUT2D eigenvalue weighted by Gasteiger charge is -2.28. The number of aromatic nitrogens is 4. The molecule has 0 saturated heterocycles. The lowest BCUT2D eigenvalue weighted by atomic mass is 10.1. The van der Waals surface area contributed by atoms with E-state index in [9.17, 15) is 5.11 Å². The molecule has 2 unspecified atom stereocenters. The summed E-state index contributed by atoms with van der Waals surface area (Å²) in [7, 11) is 0. The molecular weight excluding hydrogens is 220 g/mol. The summed E-state index contributed by atoms with van der Waals surface area (Å²) in [6, 6.07) is 9.75. The van der Waals surface area contributed by atoms with Crippen molar-refractivity contribution in [2.75, 3.05) is 6.61 Å². The van der Waals surface area contributed by atoms with Crippen LogP contribution in [0.1, 0.15) is 17.5 Å². The zero-order chi connectivity index (χ0) is 11.7. The van der Waals surface area contributed by atoms with Gasteiger partial charge in [-0.15, -0.1) is 5.10 Å². The first-order chi connectivity index (χ1) is 8.38. The van der Waals surface area contributed by atoms with E-state index in [1.807, 2.05) is 30.3 Å². The van der Waals surface area contributed by atoms with Crippen molar-refractivity contribution in [3.05, 3.63) is 41.7 Å². The molecular formula is C11H12N4O2. The normalized spacial score (nSPS) is 23.4. The molecule has 17 heavy (non-hydrogen) atoms. The monoisotopic (exact) mass is 232 g/mol. The molecule has 3 rings (SSSR count). The van der Waals surface area contributed by atoms with E-state index in [2.05, 4.69) is 15.5 Å². The summed E-state index contributed by atoms with van der Waals surface area (Å²) < 4.78 is 7.48. The van der Waals surface area contributed by atoms with Crippen LogP contribution in [-0.2, 0) is 11.3 Å². The van der Waals surface area contributed by atoms with E-state index in [1.165, 1.54) is 0 Å². The van der Waals surface area contributed by atoms with Gasteiger partial charge in [0.05, 0.1) is 13.2 Å². The molecule has 0 aliphatic carbocycles. The van der Waals surface area contributed by atoms with Gasteiger partial charge in [0.1, 0.15) is 12.2 Å². The number of aliphatic hydroxyl groups is 1. The third-order valence-corrected chi connectivity index (χ3v) is 2.81. The molecule has 0 fully saturated rings. The van der Waals surface area contributed by atoms with Gasteiger partial charge in [0, 0.05) is 0 Å². The zero-order valence-corrected chi connectivity index (χ0v) is 9.10. The Labute approximate surface area is 97.8 Å². The van der Waals surface area contributed by atoms with Gasteiger partial charge in [0.25, 0.3) is 0 Å². The minimum absolute atomic E-state index is 0.0391. The van der Waals surface area contributed by atoms with E-state index in [0.29, 0.717) is 12.4 Å². The van der Waals surface area contributed by atoms with Crippen molar-refractivity contribution >= 4 is 0 Å². The van der Waals surface area contributed by atoms with E-state index in [1.54, 1.807) is 4.68 Å². The molecule has 2 aromatic rings. The summed E-state index contributed by atoms with van der Waals surface area (Å²) in [5.74, 6) is 0.681. The van der Waals surface area contributed by atoms with Crippen molar-refractivity contribution in [2.24, 2.45) is 0 Å². The average molecular weight is 232 g/mol. The lowest BCUT2D eigenvalue weighted by molar-refractivity contribution is -0.0579. The number of tetrazole rings is 1. The third kappa shape index (κ3) is 1.81. The molecule has 0 bridgehead atoms. The van der Waals surface area contributed by atoms with Crippen LogP contribution in [0.5, 0.6) is 0 Å². The third-order valence-electron chi connectivity index (χ3n) is 2.81. The van der Waals surface area contributed by atoms with Crippen molar-refractivity contribution in [3.8, 4) is 0 Å². The first-order valence-electron chi connectivity index (χ1n) is 5.46. The smallest absolute Gasteiger partial charge is 0.185 e. The largest absolute Gasteiger partial charge is 0.394 e. The summed E-state index contributed by atoms with van der Waals surface area (Å²) in [5.41, 5.74) is 0.988. The molecule has 2 heterocycles. The van der Waals surface area contributed by atoms with E-state index < -0.39 is 0 Å². The highest BCUT2D eigenvalue weighted by Gasteiger charge is 2.31. The summed E-state index contributed by atoms with van der Waals surface area (Å²) in [6.07, 6.45) is -0.576. The molecule has 0 amide bonds. The first kappa shape index (κ1) is 10.4. The predicted molar refractivity (Wildman–Crippen MR) is 58.1 cm³/mol. The summed E-state index contributed by atoms with van der Waals surface area (Å²) >= 11 is 0. The van der Waals surface area contributed by atoms with Crippen LogP contribution >= 0.6 is 0 Å². The Kier molecular flexibility index (Phi) is 2.58. The molecule has 1 aromatic carbocycles. The number of rotatable bonds is 2. The van der Waals surface area contributed by atoms with Gasteiger partial charge in [-0.05, 0) is 16.0 Å². The lowest BCUT2D eigenvalue weighted by Crippen LogP contribution is -2.34. The Morgan fingerprint density at radius 3 is 2.94 bits per heavy atom. The van der Waals surface area contributed by atoms with E-state index >= 15 is 0 Å². The fourth-order valence-corrected chi connectivity index (χ4v) is 1.97. The van der Waals surface area contributed by atoms with Crippen molar-refractivity contribution in [2.45, 2.75) is 18.8 Å². The number of nitrogens with zero attached hydrogens (tertiary/aromatic N) is 4. The minimum atomic E-state index is -0.308. The van der Waals surface area contributed by atoms with Crippen LogP contribution in [0.25, 0.3) is 0 Å². The first-order valence-corrected chi connectivity index (χ1v) is 5.46. The van der Waals surface area contributed by atoms with Gasteiger partial charge < -0.3 is 9.84 Å². The Balaban J connectivity index is 2.00. The Hall–Kier alpha value is -1.79. The maximum Gasteiger partial charge on any atom is 0.185 e. The predicted octanol–water partition coefficient (Wildman–Crippen LogP) is 0.154. The molecule has 6 nitrogen and oxygen atoms in total. The van der Waals surface area contributed by atoms with Crippen molar-refractivity contribution in [1.82, 2.24) is 20.2 Å². The van der Waals surface area contributed by atoms with Gasteiger partial charge in [0.2, 0.25) is 0 Å². The van der Waals surface area contributed by atoms with Crippen LogP contribution in [0.3, 0.4) is 0 Å². The van der Waals surface area contributed by atoms with E-state index in [-0.39, 0.29) is 18.8 Å². The fourth-order valence-electron chi connectivity index (χ4n) is 1.97. The molecule has 88 valence electrons. The van der Waals surface area contributed by atoms with E-state index in [0.717, 1.165) is 5.56 Å². The number of benzene rings is 1. The Bertz CT molecular complexity index is 499. The van der Waals surface area contributed by atoms with Crippen molar-refractivity contribution < 1.29 is 9.84 Å². The zero-order valence-electron chi connectivity index (χ0n) is 9.10. The summed E-state index contributed by atoms with van der Waals surface area (Å²) in [5, 5.41) is 20.7. The number of hydrogen-bond donors (Lipinski definition) is 1. The van der Waals surface area contributed by atoms with Gasteiger partial charge in [-0.2, -0.15) is 0 Å². The second kappa shape index (κ2) is 4.23. The van der Waals surface area contributed by atoms with Gasteiger partial charge in [-0.3, -0.25) is 0 Å². The van der Waals surface area contributed by atoms with Gasteiger partial charge >= 0.3 is 0 Å². The Morgan fingerprint density at radius 2 is 2.18 bits per heavy atom. The van der Waals surface area contributed by atoms with Crippen LogP contribution in [0.15, 0.2) is 30.3 Å². The molecule has 6 heteroatoms. The highest BCUT2D eigenvalue weighted by molar-refractivity contribution is 5.23. The van der Waals surface area contributed by atoms with Crippen LogP contribution in [-0.4, -0.2) is 38.0 Å². The molecule has 1 aliphatic heterocycles. The highest BCUT2D eigenvalue weighted by Crippen LogP contribution is 2.28. The number of aliphatic hydroxyl groups excluding tert-OH is 1. The fraction of sp³-hybridized carbons (Fsp3) is 0.364. The summed E-state index contributed by atoms with van der Waals surface area (Å²) in [4.78, 5) is 0. The van der Waals surface area contributed by atoms with Crippen LogP contribution in [0.4, 0.5) is 0 Å².